The van der Waals surface area contributed by atoms with Crippen LogP contribution in [0.15, 0.2) is 0 Å². The summed E-state index contributed by atoms with van der Waals surface area (Å²) in [7, 11) is 1.33. The van der Waals surface area contributed by atoms with Crippen molar-refractivity contribution < 1.29 is 19.7 Å². The van der Waals surface area contributed by atoms with Crippen LogP contribution in [0.5, 0.6) is 0 Å². The van der Waals surface area contributed by atoms with Gasteiger partial charge in [-0.05, 0) is 19.3 Å². The van der Waals surface area contributed by atoms with Gasteiger partial charge in [0.15, 0.2) is 0 Å². The molecule has 2 N–H and O–H groups in total. The molecule has 4 heteroatoms. The van der Waals surface area contributed by atoms with E-state index in [2.05, 4.69) is 4.74 Å². The predicted molar refractivity (Wildman–Crippen MR) is 41.4 cm³/mol. The zero-order chi connectivity index (χ0) is 9.14. The fourth-order valence-electron chi connectivity index (χ4n) is 1.51. The smallest absolute Gasteiger partial charge is 0.308 e. The summed E-state index contributed by atoms with van der Waals surface area (Å²) in [5, 5.41) is 18.4. The standard InChI is InChI=1S/C8H14O4/c1-12-8(11)5-2-3-6(9)7(10)4-5/h5-7,9-10H,2-4H2,1H3. The van der Waals surface area contributed by atoms with E-state index in [0.717, 1.165) is 0 Å². The second-order valence-electron chi connectivity index (χ2n) is 3.17. The third kappa shape index (κ3) is 1.95. The van der Waals surface area contributed by atoms with Crippen molar-refractivity contribution in [3.63, 3.8) is 0 Å². The maximum absolute atomic E-state index is 11.0. The highest BCUT2D eigenvalue weighted by Crippen LogP contribution is 2.25. The zero-order valence-corrected chi connectivity index (χ0v) is 7.06. The molecule has 0 amide bonds. The van der Waals surface area contributed by atoms with E-state index in [1.165, 1.54) is 7.11 Å². The highest BCUT2D eigenvalue weighted by Gasteiger charge is 2.31. The van der Waals surface area contributed by atoms with Gasteiger partial charge in [-0.15, -0.1) is 0 Å². The summed E-state index contributed by atoms with van der Waals surface area (Å²) in [6.07, 6.45) is -0.0617. The summed E-state index contributed by atoms with van der Waals surface area (Å²) in [5.74, 6) is -0.533. The Bertz CT molecular complexity index is 168. The van der Waals surface area contributed by atoms with Crippen LogP contribution in [0.2, 0.25) is 0 Å². The van der Waals surface area contributed by atoms with Crippen molar-refractivity contribution >= 4 is 5.97 Å². The number of aliphatic hydroxyl groups is 2. The number of aliphatic hydroxyl groups excluding tert-OH is 2. The van der Waals surface area contributed by atoms with Gasteiger partial charge in [-0.25, -0.2) is 0 Å². The molecule has 0 spiro atoms. The molecule has 0 aromatic rings. The van der Waals surface area contributed by atoms with Gasteiger partial charge in [-0.2, -0.15) is 0 Å². The van der Waals surface area contributed by atoms with Crippen molar-refractivity contribution in [3.05, 3.63) is 0 Å². The molecule has 0 aliphatic heterocycles. The molecule has 70 valence electrons. The fourth-order valence-corrected chi connectivity index (χ4v) is 1.51. The van der Waals surface area contributed by atoms with Gasteiger partial charge < -0.3 is 14.9 Å². The van der Waals surface area contributed by atoms with E-state index >= 15 is 0 Å². The fraction of sp³-hybridized carbons (Fsp3) is 0.875. The third-order valence-corrected chi connectivity index (χ3v) is 2.32. The number of esters is 1. The van der Waals surface area contributed by atoms with Gasteiger partial charge >= 0.3 is 5.97 Å². The maximum Gasteiger partial charge on any atom is 0.308 e. The van der Waals surface area contributed by atoms with Crippen molar-refractivity contribution in [2.75, 3.05) is 7.11 Å². The van der Waals surface area contributed by atoms with E-state index < -0.39 is 12.2 Å². The molecule has 12 heavy (non-hydrogen) atoms. The molecule has 0 saturated heterocycles. The molecule has 0 radical (unpaired) electrons. The normalized spacial score (nSPS) is 36.1. The summed E-state index contributed by atoms with van der Waals surface area (Å²) < 4.78 is 4.54. The Labute approximate surface area is 71.2 Å². The molecule has 3 unspecified atom stereocenters. The van der Waals surface area contributed by atoms with Crippen LogP contribution in [0.4, 0.5) is 0 Å². The SMILES string of the molecule is COC(=O)C1CCC(O)C(O)C1. The summed E-state index contributed by atoms with van der Waals surface area (Å²) in [6.45, 7) is 0. The summed E-state index contributed by atoms with van der Waals surface area (Å²) >= 11 is 0. The highest BCUT2D eigenvalue weighted by molar-refractivity contribution is 5.72. The van der Waals surface area contributed by atoms with Crippen molar-refractivity contribution in [2.45, 2.75) is 31.5 Å². The number of hydrogen-bond acceptors (Lipinski definition) is 4. The minimum absolute atomic E-state index is 0.242. The lowest BCUT2D eigenvalue weighted by Crippen LogP contribution is -2.36. The molecule has 3 atom stereocenters. The minimum atomic E-state index is -0.775. The van der Waals surface area contributed by atoms with Crippen molar-refractivity contribution in [3.8, 4) is 0 Å². The van der Waals surface area contributed by atoms with Crippen molar-refractivity contribution in [2.24, 2.45) is 5.92 Å². The molecular weight excluding hydrogens is 160 g/mol. The quantitative estimate of drug-likeness (QED) is 0.535. The maximum atomic E-state index is 11.0. The lowest BCUT2D eigenvalue weighted by atomic mass is 9.85. The molecule has 1 saturated carbocycles. The first kappa shape index (κ1) is 9.48. The van der Waals surface area contributed by atoms with E-state index in [4.69, 9.17) is 5.11 Å². The van der Waals surface area contributed by atoms with Gasteiger partial charge in [0.05, 0.1) is 25.2 Å². The number of hydrogen-bond donors (Lipinski definition) is 2. The van der Waals surface area contributed by atoms with E-state index in [1.54, 1.807) is 0 Å². The van der Waals surface area contributed by atoms with Gasteiger partial charge in [-0.3, -0.25) is 4.79 Å². The molecule has 0 aromatic carbocycles. The Kier molecular flexibility index (Phi) is 3.05. The first-order chi connectivity index (χ1) is 5.65. The van der Waals surface area contributed by atoms with Crippen molar-refractivity contribution in [1.82, 2.24) is 0 Å². The number of carbonyl (C=O) groups excluding carboxylic acids is 1. The second kappa shape index (κ2) is 3.87. The molecule has 0 bridgehead atoms. The largest absolute Gasteiger partial charge is 0.469 e. The van der Waals surface area contributed by atoms with Crippen LogP contribution in [0.1, 0.15) is 19.3 Å². The predicted octanol–water partition coefficient (Wildman–Crippen LogP) is -0.319. The van der Waals surface area contributed by atoms with Crippen LogP contribution >= 0.6 is 0 Å². The Morgan fingerprint density at radius 3 is 2.50 bits per heavy atom. The van der Waals surface area contributed by atoms with Gasteiger partial charge in [0.25, 0.3) is 0 Å². The summed E-state index contributed by atoms with van der Waals surface area (Å²) in [6, 6.07) is 0. The highest BCUT2D eigenvalue weighted by atomic mass is 16.5. The van der Waals surface area contributed by atoms with Gasteiger partial charge in [0.1, 0.15) is 0 Å². The van der Waals surface area contributed by atoms with Crippen LogP contribution < -0.4 is 0 Å². The number of carbonyl (C=O) groups is 1. The average molecular weight is 174 g/mol. The van der Waals surface area contributed by atoms with Crippen molar-refractivity contribution in [1.29, 1.82) is 0 Å². The minimum Gasteiger partial charge on any atom is -0.469 e. The summed E-state index contributed by atoms with van der Waals surface area (Å²) in [4.78, 5) is 11.0. The van der Waals surface area contributed by atoms with Crippen LogP contribution in [0.3, 0.4) is 0 Å². The van der Waals surface area contributed by atoms with Gasteiger partial charge in [-0.1, -0.05) is 0 Å². The Morgan fingerprint density at radius 2 is 2.00 bits per heavy atom. The Hall–Kier alpha value is -0.610. The van der Waals surface area contributed by atoms with Crippen LogP contribution in [0, 0.1) is 5.92 Å². The molecule has 1 rings (SSSR count). The van der Waals surface area contributed by atoms with E-state index in [0.29, 0.717) is 19.3 Å². The molecule has 1 aliphatic rings. The Balaban J connectivity index is 2.45. The van der Waals surface area contributed by atoms with E-state index in [1.807, 2.05) is 0 Å². The van der Waals surface area contributed by atoms with Gasteiger partial charge in [0, 0.05) is 0 Å². The topological polar surface area (TPSA) is 66.8 Å². The first-order valence-corrected chi connectivity index (χ1v) is 4.09. The number of rotatable bonds is 1. The molecule has 0 heterocycles. The van der Waals surface area contributed by atoms with E-state index in [-0.39, 0.29) is 11.9 Å². The Morgan fingerprint density at radius 1 is 1.33 bits per heavy atom. The van der Waals surface area contributed by atoms with E-state index in [9.17, 15) is 9.90 Å². The average Bonchev–Trinajstić information content (AvgIpc) is 2.08. The van der Waals surface area contributed by atoms with Crippen LogP contribution in [-0.4, -0.2) is 35.5 Å². The first-order valence-electron chi connectivity index (χ1n) is 4.09. The lowest BCUT2D eigenvalue weighted by molar-refractivity contribution is -0.149. The number of methoxy groups -OCH3 is 1. The summed E-state index contributed by atoms with van der Waals surface area (Å²) in [5.41, 5.74) is 0. The monoisotopic (exact) mass is 174 g/mol. The van der Waals surface area contributed by atoms with Crippen LogP contribution in [-0.2, 0) is 9.53 Å². The lowest BCUT2D eigenvalue weighted by Gasteiger charge is -2.28. The molecular formula is C8H14O4. The molecule has 1 fully saturated rings. The second-order valence-corrected chi connectivity index (χ2v) is 3.17. The molecule has 4 nitrogen and oxygen atoms in total. The molecule has 0 aromatic heterocycles. The third-order valence-electron chi connectivity index (χ3n) is 2.32. The zero-order valence-electron chi connectivity index (χ0n) is 7.06. The van der Waals surface area contributed by atoms with Crippen LogP contribution in [0.25, 0.3) is 0 Å². The number of ether oxygens (including phenoxy) is 1. The van der Waals surface area contributed by atoms with Gasteiger partial charge in [0.2, 0.25) is 0 Å². The molecule has 1 aliphatic carbocycles.